The molecule has 0 radical (unpaired) electrons. The van der Waals surface area contributed by atoms with Crippen LogP contribution in [0.4, 0.5) is 10.1 Å². The zero-order valence-electron chi connectivity index (χ0n) is 14.1. The summed E-state index contributed by atoms with van der Waals surface area (Å²) in [5.74, 6) is 0.548. The van der Waals surface area contributed by atoms with Gasteiger partial charge in [0.15, 0.2) is 0 Å². The van der Waals surface area contributed by atoms with Crippen LogP contribution in [0.25, 0.3) is 0 Å². The second-order valence-corrected chi connectivity index (χ2v) is 6.43. The van der Waals surface area contributed by atoms with Crippen molar-refractivity contribution >= 4 is 5.69 Å². The van der Waals surface area contributed by atoms with E-state index in [4.69, 9.17) is 4.74 Å². The maximum absolute atomic E-state index is 14.5. The van der Waals surface area contributed by atoms with Gasteiger partial charge in [-0.15, -0.1) is 0 Å². The van der Waals surface area contributed by atoms with Gasteiger partial charge in [-0.05, 0) is 56.3 Å². The molecular formula is C18H29FN2O. The zero-order valence-corrected chi connectivity index (χ0v) is 14.1. The molecule has 2 rings (SSSR count). The van der Waals surface area contributed by atoms with Crippen molar-refractivity contribution in [2.24, 2.45) is 5.92 Å². The van der Waals surface area contributed by atoms with Crippen LogP contribution in [0, 0.1) is 11.7 Å². The standard InChI is InChI=1S/C18H29FN2O/c1-14-6-4-10-21(13-14)18-8-7-16(12-17(18)19)15(2)20-9-5-11-22-3/h7-8,12,14-15,20H,4-6,9-11,13H2,1-3H3/t14-,15+/m0/s1. The highest BCUT2D eigenvalue weighted by molar-refractivity contribution is 5.50. The number of methoxy groups -OCH3 is 1. The average molecular weight is 308 g/mol. The van der Waals surface area contributed by atoms with E-state index in [1.807, 2.05) is 12.1 Å². The van der Waals surface area contributed by atoms with Gasteiger partial charge in [-0.2, -0.15) is 0 Å². The molecule has 0 bridgehead atoms. The van der Waals surface area contributed by atoms with Crippen molar-refractivity contribution in [3.8, 4) is 0 Å². The number of hydrogen-bond donors (Lipinski definition) is 1. The van der Waals surface area contributed by atoms with E-state index < -0.39 is 0 Å². The summed E-state index contributed by atoms with van der Waals surface area (Å²) in [5.41, 5.74) is 1.76. The Hall–Kier alpha value is -1.13. The molecule has 3 nitrogen and oxygen atoms in total. The van der Waals surface area contributed by atoms with Gasteiger partial charge in [0.1, 0.15) is 5.82 Å². The second-order valence-electron chi connectivity index (χ2n) is 6.43. The highest BCUT2D eigenvalue weighted by atomic mass is 19.1. The lowest BCUT2D eigenvalue weighted by Crippen LogP contribution is -2.34. The van der Waals surface area contributed by atoms with Crippen LogP contribution < -0.4 is 10.2 Å². The zero-order chi connectivity index (χ0) is 15.9. The first kappa shape index (κ1) is 17.2. The van der Waals surface area contributed by atoms with Crippen molar-refractivity contribution < 1.29 is 9.13 Å². The third-order valence-corrected chi connectivity index (χ3v) is 4.45. The molecule has 0 aromatic heterocycles. The van der Waals surface area contributed by atoms with E-state index in [0.29, 0.717) is 5.92 Å². The minimum absolute atomic E-state index is 0.0999. The number of anilines is 1. The normalized spacial score (nSPS) is 20.2. The Morgan fingerprint density at radius 1 is 1.45 bits per heavy atom. The maximum Gasteiger partial charge on any atom is 0.146 e. The van der Waals surface area contributed by atoms with Crippen LogP contribution in [0.3, 0.4) is 0 Å². The molecule has 1 aliphatic rings. The average Bonchev–Trinajstić information content (AvgIpc) is 2.51. The van der Waals surface area contributed by atoms with Gasteiger partial charge in [0, 0.05) is 32.8 Å². The Bertz CT molecular complexity index is 466. The Balaban J connectivity index is 1.96. The molecule has 22 heavy (non-hydrogen) atoms. The molecule has 124 valence electrons. The van der Waals surface area contributed by atoms with E-state index >= 15 is 0 Å². The van der Waals surface area contributed by atoms with Gasteiger partial charge >= 0.3 is 0 Å². The fourth-order valence-corrected chi connectivity index (χ4v) is 3.11. The number of benzene rings is 1. The molecule has 0 unspecified atom stereocenters. The molecule has 0 spiro atoms. The topological polar surface area (TPSA) is 24.5 Å². The van der Waals surface area contributed by atoms with Crippen LogP contribution in [0.1, 0.15) is 44.7 Å². The number of nitrogens with one attached hydrogen (secondary N) is 1. The van der Waals surface area contributed by atoms with Gasteiger partial charge in [0.25, 0.3) is 0 Å². The number of piperidine rings is 1. The van der Waals surface area contributed by atoms with Gasteiger partial charge in [-0.1, -0.05) is 13.0 Å². The third-order valence-electron chi connectivity index (χ3n) is 4.45. The van der Waals surface area contributed by atoms with E-state index in [2.05, 4.69) is 24.1 Å². The summed E-state index contributed by atoms with van der Waals surface area (Å²) in [4.78, 5) is 2.18. The summed E-state index contributed by atoms with van der Waals surface area (Å²) < 4.78 is 19.5. The van der Waals surface area contributed by atoms with E-state index in [9.17, 15) is 4.39 Å². The van der Waals surface area contributed by atoms with E-state index in [0.717, 1.165) is 50.3 Å². The van der Waals surface area contributed by atoms with Crippen molar-refractivity contribution in [3.63, 3.8) is 0 Å². The summed E-state index contributed by atoms with van der Waals surface area (Å²) in [6.45, 7) is 7.86. The number of ether oxygens (including phenoxy) is 1. The van der Waals surface area contributed by atoms with Crippen LogP contribution in [0.2, 0.25) is 0 Å². The molecule has 1 aromatic carbocycles. The molecule has 1 fully saturated rings. The predicted octanol–water partition coefficient (Wildman–Crippen LogP) is 3.75. The molecule has 0 aliphatic carbocycles. The Kier molecular flexibility index (Phi) is 6.65. The molecule has 2 atom stereocenters. The lowest BCUT2D eigenvalue weighted by Gasteiger charge is -2.33. The highest BCUT2D eigenvalue weighted by Crippen LogP contribution is 2.27. The van der Waals surface area contributed by atoms with Crippen LogP contribution >= 0.6 is 0 Å². The number of rotatable bonds is 7. The van der Waals surface area contributed by atoms with E-state index in [1.54, 1.807) is 13.2 Å². The number of hydrogen-bond acceptors (Lipinski definition) is 3. The van der Waals surface area contributed by atoms with E-state index in [-0.39, 0.29) is 11.9 Å². The van der Waals surface area contributed by atoms with Crippen molar-refractivity contribution in [3.05, 3.63) is 29.6 Å². The maximum atomic E-state index is 14.5. The first-order valence-electron chi connectivity index (χ1n) is 8.38. The first-order valence-corrected chi connectivity index (χ1v) is 8.38. The molecule has 0 amide bonds. The monoisotopic (exact) mass is 308 g/mol. The molecular weight excluding hydrogens is 279 g/mol. The lowest BCUT2D eigenvalue weighted by atomic mass is 9.99. The summed E-state index contributed by atoms with van der Waals surface area (Å²) in [7, 11) is 1.71. The predicted molar refractivity (Wildman–Crippen MR) is 89.9 cm³/mol. The molecule has 1 aliphatic heterocycles. The highest BCUT2D eigenvalue weighted by Gasteiger charge is 2.19. The summed E-state index contributed by atoms with van der Waals surface area (Å²) in [6, 6.07) is 5.82. The fourth-order valence-electron chi connectivity index (χ4n) is 3.11. The van der Waals surface area contributed by atoms with Gasteiger partial charge in [0.2, 0.25) is 0 Å². The van der Waals surface area contributed by atoms with Crippen molar-refractivity contribution in [2.75, 3.05) is 38.3 Å². The Morgan fingerprint density at radius 2 is 2.27 bits per heavy atom. The molecule has 4 heteroatoms. The molecule has 0 saturated carbocycles. The summed E-state index contributed by atoms with van der Waals surface area (Å²) >= 11 is 0. The molecule has 1 aromatic rings. The van der Waals surface area contributed by atoms with Crippen molar-refractivity contribution in [1.82, 2.24) is 5.32 Å². The van der Waals surface area contributed by atoms with Gasteiger partial charge < -0.3 is 15.0 Å². The van der Waals surface area contributed by atoms with Crippen LogP contribution in [0.5, 0.6) is 0 Å². The largest absolute Gasteiger partial charge is 0.385 e. The van der Waals surface area contributed by atoms with Gasteiger partial charge in [-0.25, -0.2) is 4.39 Å². The molecule has 1 saturated heterocycles. The summed E-state index contributed by atoms with van der Waals surface area (Å²) in [6.07, 6.45) is 3.37. The van der Waals surface area contributed by atoms with Crippen molar-refractivity contribution in [2.45, 2.75) is 39.2 Å². The van der Waals surface area contributed by atoms with Crippen LogP contribution in [0.15, 0.2) is 18.2 Å². The van der Waals surface area contributed by atoms with E-state index in [1.165, 1.54) is 6.42 Å². The van der Waals surface area contributed by atoms with Gasteiger partial charge in [0.05, 0.1) is 5.69 Å². The minimum atomic E-state index is -0.0999. The third kappa shape index (κ3) is 4.68. The second kappa shape index (κ2) is 8.49. The number of halogens is 1. The quantitative estimate of drug-likeness (QED) is 0.776. The first-order chi connectivity index (χ1) is 10.6. The fraction of sp³-hybridized carbons (Fsp3) is 0.667. The SMILES string of the molecule is COCCCN[C@H](C)c1ccc(N2CCC[C@H](C)C2)c(F)c1. The summed E-state index contributed by atoms with van der Waals surface area (Å²) in [5, 5.41) is 3.41. The van der Waals surface area contributed by atoms with Crippen molar-refractivity contribution in [1.29, 1.82) is 0 Å². The number of nitrogens with zero attached hydrogens (tertiary/aromatic N) is 1. The minimum Gasteiger partial charge on any atom is -0.385 e. The van der Waals surface area contributed by atoms with Crippen LogP contribution in [-0.4, -0.2) is 33.4 Å². The Labute approximate surface area is 133 Å². The molecule has 1 heterocycles. The van der Waals surface area contributed by atoms with Gasteiger partial charge in [-0.3, -0.25) is 0 Å². The van der Waals surface area contributed by atoms with Crippen LogP contribution in [-0.2, 0) is 4.74 Å². The Morgan fingerprint density at radius 3 is 2.95 bits per heavy atom. The lowest BCUT2D eigenvalue weighted by molar-refractivity contribution is 0.193. The smallest absolute Gasteiger partial charge is 0.146 e. The molecule has 1 N–H and O–H groups in total.